The minimum Gasteiger partial charge on any atom is -0.450 e. The summed E-state index contributed by atoms with van der Waals surface area (Å²) in [7, 11) is 0. The number of rotatable bonds is 3. The highest BCUT2D eigenvalue weighted by molar-refractivity contribution is 5.67. The van der Waals surface area contributed by atoms with E-state index in [0.717, 1.165) is 39.0 Å². The Labute approximate surface area is 145 Å². The monoisotopic (exact) mass is 330 g/mol. The first-order chi connectivity index (χ1) is 11.5. The summed E-state index contributed by atoms with van der Waals surface area (Å²) in [6, 6.07) is 11.5. The third-order valence-corrected chi connectivity index (χ3v) is 5.68. The average Bonchev–Trinajstić information content (AvgIpc) is 2.91. The van der Waals surface area contributed by atoms with Crippen molar-refractivity contribution in [1.29, 1.82) is 0 Å². The highest BCUT2D eigenvalue weighted by atomic mass is 16.6. The van der Waals surface area contributed by atoms with Crippen molar-refractivity contribution >= 4 is 6.09 Å². The van der Waals surface area contributed by atoms with Gasteiger partial charge in [0.15, 0.2) is 0 Å². The van der Waals surface area contributed by atoms with Crippen LogP contribution in [-0.4, -0.2) is 54.7 Å². The number of nitrogens with zero attached hydrogens (tertiary/aromatic N) is 2. The van der Waals surface area contributed by atoms with E-state index in [4.69, 9.17) is 4.74 Å². The molecule has 1 aromatic rings. The van der Waals surface area contributed by atoms with Gasteiger partial charge in [0.1, 0.15) is 0 Å². The molecule has 0 aliphatic carbocycles. The van der Waals surface area contributed by atoms with E-state index in [0.29, 0.717) is 24.0 Å². The van der Waals surface area contributed by atoms with Gasteiger partial charge in [-0.15, -0.1) is 0 Å². The van der Waals surface area contributed by atoms with Crippen molar-refractivity contribution < 1.29 is 9.53 Å². The molecule has 4 heteroatoms. The van der Waals surface area contributed by atoms with Crippen LogP contribution >= 0.6 is 0 Å². The molecule has 2 aliphatic rings. The predicted molar refractivity (Wildman–Crippen MR) is 96.2 cm³/mol. The first kappa shape index (κ1) is 17.3. The maximum absolute atomic E-state index is 11.9. The summed E-state index contributed by atoms with van der Waals surface area (Å²) in [5.74, 6) is 0.585. The Morgan fingerprint density at radius 3 is 2.50 bits per heavy atom. The second kappa shape index (κ2) is 7.14. The molecule has 2 heterocycles. The molecule has 2 aliphatic heterocycles. The van der Waals surface area contributed by atoms with Crippen LogP contribution in [0, 0.1) is 5.41 Å². The van der Waals surface area contributed by atoms with Gasteiger partial charge in [-0.2, -0.15) is 0 Å². The zero-order valence-electron chi connectivity index (χ0n) is 15.2. The van der Waals surface area contributed by atoms with Gasteiger partial charge in [0.05, 0.1) is 6.61 Å². The number of ether oxygens (including phenoxy) is 1. The van der Waals surface area contributed by atoms with Crippen LogP contribution in [0.2, 0.25) is 0 Å². The Hall–Kier alpha value is -1.55. The highest BCUT2D eigenvalue weighted by Gasteiger charge is 2.43. The summed E-state index contributed by atoms with van der Waals surface area (Å²) >= 11 is 0. The molecule has 0 N–H and O–H groups in total. The van der Waals surface area contributed by atoms with Crippen LogP contribution in [0.15, 0.2) is 30.3 Å². The smallest absolute Gasteiger partial charge is 0.409 e. The maximum atomic E-state index is 11.9. The minimum absolute atomic E-state index is 0.153. The fourth-order valence-electron chi connectivity index (χ4n) is 4.33. The first-order valence-electron chi connectivity index (χ1n) is 9.22. The van der Waals surface area contributed by atoms with E-state index in [9.17, 15) is 4.79 Å². The molecule has 3 rings (SSSR count). The number of hydrogen-bond donors (Lipinski definition) is 0. The number of carbonyl (C=O) groups is 1. The summed E-state index contributed by atoms with van der Waals surface area (Å²) in [6.07, 6.45) is 1.95. The van der Waals surface area contributed by atoms with Gasteiger partial charge in [-0.25, -0.2) is 4.79 Å². The summed E-state index contributed by atoms with van der Waals surface area (Å²) in [5, 5.41) is 0. The van der Waals surface area contributed by atoms with E-state index in [1.165, 1.54) is 5.56 Å². The minimum atomic E-state index is -0.153. The molecule has 0 unspecified atom stereocenters. The zero-order chi connectivity index (χ0) is 17.2. The van der Waals surface area contributed by atoms with E-state index >= 15 is 0 Å². The lowest BCUT2D eigenvalue weighted by Gasteiger charge is -2.36. The second-order valence-electron chi connectivity index (χ2n) is 7.80. The van der Waals surface area contributed by atoms with Crippen molar-refractivity contribution in [2.24, 2.45) is 5.41 Å². The number of amides is 1. The van der Waals surface area contributed by atoms with E-state index in [-0.39, 0.29) is 6.09 Å². The molecule has 1 amide bonds. The maximum Gasteiger partial charge on any atom is 0.409 e. The van der Waals surface area contributed by atoms with Gasteiger partial charge in [0.25, 0.3) is 0 Å². The van der Waals surface area contributed by atoms with E-state index < -0.39 is 0 Å². The predicted octanol–water partition coefficient (Wildman–Crippen LogP) is 3.73. The Bertz CT molecular complexity index is 550. The molecule has 0 saturated carbocycles. The van der Waals surface area contributed by atoms with Crippen LogP contribution in [0.5, 0.6) is 0 Å². The van der Waals surface area contributed by atoms with Crippen molar-refractivity contribution in [3.63, 3.8) is 0 Å². The molecule has 2 saturated heterocycles. The third-order valence-electron chi connectivity index (χ3n) is 5.68. The van der Waals surface area contributed by atoms with Crippen LogP contribution in [0.1, 0.15) is 45.1 Å². The van der Waals surface area contributed by atoms with Gasteiger partial charge in [-0.1, -0.05) is 44.2 Å². The topological polar surface area (TPSA) is 32.8 Å². The summed E-state index contributed by atoms with van der Waals surface area (Å²) < 4.78 is 5.12. The Morgan fingerprint density at radius 1 is 1.21 bits per heavy atom. The third kappa shape index (κ3) is 3.59. The molecule has 0 bridgehead atoms. The van der Waals surface area contributed by atoms with Gasteiger partial charge in [0, 0.05) is 38.1 Å². The standard InChI is InChI=1S/C20H30N2O2/c1-4-24-19(23)21-12-10-17(11-13-21)22-14-18(20(2,3)15-22)16-8-6-5-7-9-16/h5-9,17-18H,4,10-15H2,1-3H3/t18-/m1/s1. The number of piperidine rings is 1. The molecule has 0 spiro atoms. The van der Waals surface area contributed by atoms with Crippen molar-refractivity contribution in [2.75, 3.05) is 32.8 Å². The fraction of sp³-hybridized carbons (Fsp3) is 0.650. The Kier molecular flexibility index (Phi) is 5.14. The van der Waals surface area contributed by atoms with Gasteiger partial charge in [-0.3, -0.25) is 4.90 Å². The van der Waals surface area contributed by atoms with Gasteiger partial charge in [0.2, 0.25) is 0 Å². The van der Waals surface area contributed by atoms with Crippen molar-refractivity contribution in [3.05, 3.63) is 35.9 Å². The molecule has 1 atom stereocenters. The Balaban J connectivity index is 1.60. The summed E-state index contributed by atoms with van der Waals surface area (Å²) in [4.78, 5) is 16.4. The van der Waals surface area contributed by atoms with Gasteiger partial charge >= 0.3 is 6.09 Å². The van der Waals surface area contributed by atoms with Crippen molar-refractivity contribution in [3.8, 4) is 0 Å². The summed E-state index contributed by atoms with van der Waals surface area (Å²) in [6.45, 7) is 11.0. The fourth-order valence-corrected chi connectivity index (χ4v) is 4.33. The Morgan fingerprint density at radius 2 is 1.88 bits per heavy atom. The van der Waals surface area contributed by atoms with Crippen molar-refractivity contribution in [2.45, 2.75) is 45.6 Å². The zero-order valence-corrected chi connectivity index (χ0v) is 15.2. The molecule has 1 aromatic carbocycles. The molecular weight excluding hydrogens is 300 g/mol. The van der Waals surface area contributed by atoms with Gasteiger partial charge in [-0.05, 0) is 30.7 Å². The quantitative estimate of drug-likeness (QED) is 0.846. The second-order valence-corrected chi connectivity index (χ2v) is 7.80. The molecule has 2 fully saturated rings. The van der Waals surface area contributed by atoms with Crippen LogP contribution < -0.4 is 0 Å². The largest absolute Gasteiger partial charge is 0.450 e. The van der Waals surface area contributed by atoms with Crippen LogP contribution in [0.25, 0.3) is 0 Å². The van der Waals surface area contributed by atoms with Crippen LogP contribution in [0.4, 0.5) is 4.79 Å². The van der Waals surface area contributed by atoms with Gasteiger partial charge < -0.3 is 9.64 Å². The first-order valence-corrected chi connectivity index (χ1v) is 9.22. The molecule has 4 nitrogen and oxygen atoms in total. The lowest BCUT2D eigenvalue weighted by atomic mass is 9.78. The average molecular weight is 330 g/mol. The van der Waals surface area contributed by atoms with Crippen molar-refractivity contribution in [1.82, 2.24) is 9.80 Å². The molecular formula is C20H30N2O2. The number of benzene rings is 1. The van der Waals surface area contributed by atoms with Crippen LogP contribution in [0.3, 0.4) is 0 Å². The van der Waals surface area contributed by atoms with Crippen LogP contribution in [-0.2, 0) is 4.74 Å². The molecule has 0 radical (unpaired) electrons. The lowest BCUT2D eigenvalue weighted by Crippen LogP contribution is -2.46. The SMILES string of the molecule is CCOC(=O)N1CCC(N2C[C@H](c3ccccc3)C(C)(C)C2)CC1. The number of likely N-dealkylation sites (tertiary alicyclic amines) is 2. The summed E-state index contributed by atoms with van der Waals surface area (Å²) in [5.41, 5.74) is 1.74. The van der Waals surface area contributed by atoms with E-state index in [1.54, 1.807) is 0 Å². The van der Waals surface area contributed by atoms with E-state index in [1.807, 2.05) is 11.8 Å². The molecule has 0 aromatic heterocycles. The lowest BCUT2D eigenvalue weighted by molar-refractivity contribution is 0.0783. The molecule has 132 valence electrons. The highest BCUT2D eigenvalue weighted by Crippen LogP contribution is 2.43. The number of hydrogen-bond acceptors (Lipinski definition) is 3. The number of carbonyl (C=O) groups excluding carboxylic acids is 1. The normalized spacial score (nSPS) is 25.0. The van der Waals surface area contributed by atoms with E-state index in [2.05, 4.69) is 49.1 Å². The molecule has 24 heavy (non-hydrogen) atoms.